The Kier molecular flexibility index (Phi) is 4.04. The first-order valence-corrected chi connectivity index (χ1v) is 11.3. The number of benzene rings is 3. The highest BCUT2D eigenvalue weighted by molar-refractivity contribution is 6.04. The van der Waals surface area contributed by atoms with Gasteiger partial charge in [0, 0.05) is 24.1 Å². The lowest BCUT2D eigenvalue weighted by atomic mass is 9.52. The number of ketones is 1. The van der Waals surface area contributed by atoms with Gasteiger partial charge in [0.2, 0.25) is 0 Å². The first kappa shape index (κ1) is 18.1. The molecule has 1 heterocycles. The van der Waals surface area contributed by atoms with Gasteiger partial charge in [-0.25, -0.2) is 0 Å². The van der Waals surface area contributed by atoms with Crippen LogP contribution in [0.5, 0.6) is 5.75 Å². The van der Waals surface area contributed by atoms with Crippen molar-refractivity contribution in [1.82, 2.24) is 4.90 Å². The molecule has 2 bridgehead atoms. The molecular weight excluding hydrogens is 370 g/mol. The second kappa shape index (κ2) is 6.68. The monoisotopic (exact) mass is 397 g/mol. The van der Waals surface area contributed by atoms with E-state index in [1.54, 1.807) is 6.07 Å². The summed E-state index contributed by atoms with van der Waals surface area (Å²) in [5.41, 5.74) is 3.33. The minimum absolute atomic E-state index is 0.0462. The molecule has 152 valence electrons. The highest BCUT2D eigenvalue weighted by Gasteiger charge is 2.57. The van der Waals surface area contributed by atoms with E-state index in [1.807, 2.05) is 12.1 Å². The van der Waals surface area contributed by atoms with E-state index in [9.17, 15) is 9.90 Å². The number of rotatable bonds is 2. The summed E-state index contributed by atoms with van der Waals surface area (Å²) in [7, 11) is 0. The van der Waals surface area contributed by atoms with Gasteiger partial charge >= 0.3 is 0 Å². The number of likely N-dealkylation sites (tertiary alicyclic amines) is 1. The summed E-state index contributed by atoms with van der Waals surface area (Å²) in [6, 6.07) is 20.4. The van der Waals surface area contributed by atoms with E-state index in [4.69, 9.17) is 0 Å². The van der Waals surface area contributed by atoms with Gasteiger partial charge in [-0.1, -0.05) is 55.3 Å². The average Bonchev–Trinajstić information content (AvgIpc) is 2.78. The first-order chi connectivity index (χ1) is 14.7. The van der Waals surface area contributed by atoms with Crippen molar-refractivity contribution in [2.75, 3.05) is 6.54 Å². The number of phenolic OH excluding ortho intramolecular Hbond substituents is 1. The molecule has 3 aliphatic rings. The van der Waals surface area contributed by atoms with Crippen molar-refractivity contribution in [3.8, 4) is 5.75 Å². The number of carbonyl (C=O) groups is 1. The summed E-state index contributed by atoms with van der Waals surface area (Å²) in [5.74, 6) is 0.904. The number of phenols is 1. The third-order valence-electron chi connectivity index (χ3n) is 8.04. The van der Waals surface area contributed by atoms with Crippen LogP contribution in [0.15, 0.2) is 60.7 Å². The van der Waals surface area contributed by atoms with Crippen molar-refractivity contribution in [3.05, 3.63) is 77.4 Å². The lowest BCUT2D eigenvalue weighted by Crippen LogP contribution is -2.63. The van der Waals surface area contributed by atoms with Gasteiger partial charge in [0.1, 0.15) is 5.75 Å². The van der Waals surface area contributed by atoms with Crippen molar-refractivity contribution in [3.63, 3.8) is 0 Å². The van der Waals surface area contributed by atoms with E-state index in [-0.39, 0.29) is 23.0 Å². The quantitative estimate of drug-likeness (QED) is 0.626. The molecule has 1 saturated heterocycles. The van der Waals surface area contributed by atoms with Crippen LogP contribution in [0.4, 0.5) is 0 Å². The summed E-state index contributed by atoms with van der Waals surface area (Å²) >= 11 is 0. The van der Waals surface area contributed by atoms with Gasteiger partial charge in [0.25, 0.3) is 0 Å². The highest BCUT2D eigenvalue weighted by atomic mass is 16.3. The van der Waals surface area contributed by atoms with Crippen LogP contribution in [-0.2, 0) is 12.0 Å². The normalized spacial score (nSPS) is 28.2. The number of hydrogen-bond acceptors (Lipinski definition) is 3. The first-order valence-electron chi connectivity index (χ1n) is 11.3. The smallest absolute Gasteiger partial charge is 0.180 e. The maximum Gasteiger partial charge on any atom is 0.180 e. The predicted octanol–water partition coefficient (Wildman–Crippen LogP) is 5.44. The van der Waals surface area contributed by atoms with Gasteiger partial charge in [0.15, 0.2) is 5.78 Å². The number of piperidine rings is 1. The summed E-state index contributed by atoms with van der Waals surface area (Å²) in [5, 5.41) is 12.7. The van der Waals surface area contributed by atoms with E-state index in [0.29, 0.717) is 5.92 Å². The topological polar surface area (TPSA) is 40.5 Å². The van der Waals surface area contributed by atoms with Crippen LogP contribution in [0.3, 0.4) is 0 Å². The third-order valence-corrected chi connectivity index (χ3v) is 8.04. The van der Waals surface area contributed by atoms with Crippen molar-refractivity contribution in [2.24, 2.45) is 5.92 Å². The third kappa shape index (κ3) is 2.51. The van der Waals surface area contributed by atoms with Gasteiger partial charge in [-0.3, -0.25) is 9.69 Å². The molecule has 2 aliphatic carbocycles. The van der Waals surface area contributed by atoms with Gasteiger partial charge in [0.05, 0.1) is 6.04 Å². The molecule has 1 N–H and O–H groups in total. The predicted molar refractivity (Wildman–Crippen MR) is 119 cm³/mol. The van der Waals surface area contributed by atoms with E-state index >= 15 is 0 Å². The van der Waals surface area contributed by atoms with Gasteiger partial charge in [-0.15, -0.1) is 0 Å². The molecule has 2 fully saturated rings. The Bertz CT molecular complexity index is 1150. The zero-order chi connectivity index (χ0) is 20.3. The minimum atomic E-state index is -0.0462. The van der Waals surface area contributed by atoms with Gasteiger partial charge < -0.3 is 5.11 Å². The molecule has 1 saturated carbocycles. The van der Waals surface area contributed by atoms with Crippen LogP contribution in [0.1, 0.15) is 53.6 Å². The maximum absolute atomic E-state index is 13.7. The largest absolute Gasteiger partial charge is 0.508 e. The van der Waals surface area contributed by atoms with Crippen LogP contribution >= 0.6 is 0 Å². The fourth-order valence-corrected chi connectivity index (χ4v) is 6.74. The molecule has 3 aromatic rings. The lowest BCUT2D eigenvalue weighted by molar-refractivity contribution is -0.00601. The fraction of sp³-hybridized carbons (Fsp3) is 0.370. The fourth-order valence-electron chi connectivity index (χ4n) is 6.74. The van der Waals surface area contributed by atoms with Gasteiger partial charge in [-0.05, 0) is 65.3 Å². The molecule has 3 aromatic carbocycles. The molecule has 1 aliphatic heterocycles. The van der Waals surface area contributed by atoms with Crippen molar-refractivity contribution >= 4 is 16.6 Å². The lowest BCUT2D eigenvalue weighted by Gasteiger charge is -2.58. The Morgan fingerprint density at radius 3 is 2.80 bits per heavy atom. The molecule has 0 aromatic heterocycles. The minimum Gasteiger partial charge on any atom is -0.508 e. The van der Waals surface area contributed by atoms with Crippen molar-refractivity contribution in [2.45, 2.75) is 50.1 Å². The molecular formula is C27H27NO2. The molecule has 0 radical (unpaired) electrons. The van der Waals surface area contributed by atoms with Crippen molar-refractivity contribution < 1.29 is 9.90 Å². The SMILES string of the molecule is O=C1c2ccc(O)cc2[C@@]23CCCC[C@H]2[C@@H]1N(Cc1cccc2ccccc12)CC3. The van der Waals surface area contributed by atoms with Gasteiger partial charge in [-0.2, -0.15) is 0 Å². The molecule has 3 nitrogen and oxygen atoms in total. The molecule has 0 amide bonds. The zero-order valence-electron chi connectivity index (χ0n) is 17.2. The second-order valence-corrected chi connectivity index (χ2v) is 9.41. The Labute approximate surface area is 177 Å². The van der Waals surface area contributed by atoms with Crippen LogP contribution in [-0.4, -0.2) is 28.4 Å². The van der Waals surface area contributed by atoms with E-state index in [0.717, 1.165) is 43.5 Å². The molecule has 0 spiro atoms. The molecule has 30 heavy (non-hydrogen) atoms. The number of fused-ring (bicyclic) bond motifs is 2. The Morgan fingerprint density at radius 1 is 1.00 bits per heavy atom. The summed E-state index contributed by atoms with van der Waals surface area (Å²) in [6.07, 6.45) is 5.74. The molecule has 3 heteroatoms. The highest BCUT2D eigenvalue weighted by Crippen LogP contribution is 2.56. The molecule has 3 atom stereocenters. The average molecular weight is 398 g/mol. The molecule has 0 unspecified atom stereocenters. The standard InChI is InChI=1S/C27H27NO2/c29-20-11-12-22-24(16-20)27-13-4-3-10-23(27)25(26(22)30)28(15-14-27)17-19-8-5-7-18-6-1-2-9-21(18)19/h1-2,5-9,11-12,16,23,25,29H,3-4,10,13-15,17H2/t23-,25-,27+/m0/s1. The van der Waals surface area contributed by atoms with Crippen LogP contribution in [0.25, 0.3) is 10.8 Å². The number of carbonyl (C=O) groups excluding carboxylic acids is 1. The van der Waals surface area contributed by atoms with E-state index in [1.165, 1.54) is 29.2 Å². The van der Waals surface area contributed by atoms with Crippen LogP contribution < -0.4 is 0 Å². The Hall–Kier alpha value is -2.65. The van der Waals surface area contributed by atoms with E-state index < -0.39 is 0 Å². The van der Waals surface area contributed by atoms with Crippen LogP contribution in [0.2, 0.25) is 0 Å². The van der Waals surface area contributed by atoms with Crippen LogP contribution in [0, 0.1) is 5.92 Å². The van der Waals surface area contributed by atoms with E-state index in [2.05, 4.69) is 47.4 Å². The maximum atomic E-state index is 13.7. The molecule has 6 rings (SSSR count). The summed E-state index contributed by atoms with van der Waals surface area (Å²) < 4.78 is 0. The van der Waals surface area contributed by atoms with Crippen molar-refractivity contribution in [1.29, 1.82) is 0 Å². The Morgan fingerprint density at radius 2 is 1.87 bits per heavy atom. The summed E-state index contributed by atoms with van der Waals surface area (Å²) in [4.78, 5) is 16.2. The zero-order valence-corrected chi connectivity index (χ0v) is 17.2. The number of aromatic hydroxyl groups is 1. The summed E-state index contributed by atoms with van der Waals surface area (Å²) in [6.45, 7) is 1.75. The number of nitrogens with zero attached hydrogens (tertiary/aromatic N) is 1. The second-order valence-electron chi connectivity index (χ2n) is 9.41. The number of Topliss-reactive ketones (excluding diaryl/α,β-unsaturated/α-hetero) is 1. The number of hydrogen-bond donors (Lipinski definition) is 1. The Balaban J connectivity index is 1.44.